The summed E-state index contributed by atoms with van der Waals surface area (Å²) in [5.41, 5.74) is -2.76. The first kappa shape index (κ1) is 16.1. The van der Waals surface area contributed by atoms with E-state index in [0.29, 0.717) is 11.3 Å². The van der Waals surface area contributed by atoms with Gasteiger partial charge in [-0.1, -0.05) is 48.5 Å². The number of halogens is 3. The molecule has 0 radical (unpaired) electrons. The summed E-state index contributed by atoms with van der Waals surface area (Å²) < 4.78 is 44.9. The minimum absolute atomic E-state index is 0.270. The third-order valence-corrected chi connectivity index (χ3v) is 3.28. The molecule has 0 aromatic heterocycles. The summed E-state index contributed by atoms with van der Waals surface area (Å²) in [5, 5.41) is 10.2. The van der Waals surface area contributed by atoms with Gasteiger partial charge < -0.3 is 9.84 Å². The number of aliphatic hydroxyl groups is 1. The van der Waals surface area contributed by atoms with Crippen LogP contribution in [-0.4, -0.2) is 18.4 Å². The Bertz CT molecular complexity index is 633. The predicted octanol–water partition coefficient (Wildman–Crippen LogP) is 4.16. The highest BCUT2D eigenvalue weighted by atomic mass is 19.4. The van der Waals surface area contributed by atoms with Crippen LogP contribution in [0.4, 0.5) is 13.2 Å². The zero-order chi connectivity index (χ0) is 16.2. The molecule has 22 heavy (non-hydrogen) atoms. The van der Waals surface area contributed by atoms with Crippen molar-refractivity contribution in [2.24, 2.45) is 0 Å². The van der Waals surface area contributed by atoms with Crippen LogP contribution >= 0.6 is 0 Å². The SMILES string of the molecule is COc1ccc(C(O)(/C=C/c2ccccc2)C(F)(F)F)cc1. The Labute approximate surface area is 126 Å². The fraction of sp³-hybridized carbons (Fsp3) is 0.176. The lowest BCUT2D eigenvalue weighted by atomic mass is 9.92. The van der Waals surface area contributed by atoms with Gasteiger partial charge in [-0.2, -0.15) is 13.2 Å². The zero-order valence-electron chi connectivity index (χ0n) is 11.8. The van der Waals surface area contributed by atoms with E-state index in [1.807, 2.05) is 0 Å². The average molecular weight is 308 g/mol. The van der Waals surface area contributed by atoms with E-state index in [1.165, 1.54) is 37.5 Å². The highest BCUT2D eigenvalue weighted by Crippen LogP contribution is 2.41. The summed E-state index contributed by atoms with van der Waals surface area (Å²) in [7, 11) is 1.42. The van der Waals surface area contributed by atoms with Crippen molar-refractivity contribution in [3.8, 4) is 5.75 Å². The van der Waals surface area contributed by atoms with E-state index in [-0.39, 0.29) is 5.56 Å². The van der Waals surface area contributed by atoms with E-state index in [2.05, 4.69) is 0 Å². The van der Waals surface area contributed by atoms with Gasteiger partial charge in [-0.15, -0.1) is 0 Å². The highest BCUT2D eigenvalue weighted by Gasteiger charge is 2.53. The average Bonchev–Trinajstić information content (AvgIpc) is 2.52. The fourth-order valence-electron chi connectivity index (χ4n) is 1.98. The maximum atomic E-state index is 13.3. The van der Waals surface area contributed by atoms with Gasteiger partial charge >= 0.3 is 6.18 Å². The summed E-state index contributed by atoms with van der Waals surface area (Å²) >= 11 is 0. The lowest BCUT2D eigenvalue weighted by Gasteiger charge is -2.28. The fourth-order valence-corrected chi connectivity index (χ4v) is 1.98. The standard InChI is InChI=1S/C17H15F3O2/c1-22-15-9-7-14(8-10-15)16(21,17(18,19)20)12-11-13-5-3-2-4-6-13/h2-12,21H,1H3/b12-11+. The van der Waals surface area contributed by atoms with Crippen molar-refractivity contribution in [3.63, 3.8) is 0 Å². The molecule has 1 unspecified atom stereocenters. The molecule has 0 saturated carbocycles. The zero-order valence-corrected chi connectivity index (χ0v) is 11.8. The van der Waals surface area contributed by atoms with Gasteiger partial charge in [0.2, 0.25) is 5.60 Å². The molecule has 0 aliphatic carbocycles. The third kappa shape index (κ3) is 3.31. The van der Waals surface area contributed by atoms with Crippen molar-refractivity contribution in [1.29, 1.82) is 0 Å². The number of hydrogen-bond acceptors (Lipinski definition) is 2. The molecule has 1 N–H and O–H groups in total. The Hall–Kier alpha value is -2.27. The summed E-state index contributed by atoms with van der Waals surface area (Å²) in [4.78, 5) is 0. The van der Waals surface area contributed by atoms with Gasteiger partial charge in [0.25, 0.3) is 0 Å². The Morgan fingerprint density at radius 1 is 0.955 bits per heavy atom. The van der Waals surface area contributed by atoms with Crippen LogP contribution in [0.1, 0.15) is 11.1 Å². The molecule has 0 saturated heterocycles. The number of methoxy groups -OCH3 is 1. The van der Waals surface area contributed by atoms with Gasteiger partial charge in [-0.05, 0) is 29.3 Å². The molecule has 0 heterocycles. The lowest BCUT2D eigenvalue weighted by molar-refractivity contribution is -0.244. The number of alkyl halides is 3. The Morgan fingerprint density at radius 3 is 2.05 bits per heavy atom. The van der Waals surface area contributed by atoms with Gasteiger partial charge in [0.15, 0.2) is 0 Å². The van der Waals surface area contributed by atoms with Crippen molar-refractivity contribution < 1.29 is 23.0 Å². The Morgan fingerprint density at radius 2 is 1.55 bits per heavy atom. The second-order valence-electron chi connectivity index (χ2n) is 4.74. The number of hydrogen-bond donors (Lipinski definition) is 1. The molecule has 2 aromatic carbocycles. The minimum atomic E-state index is -4.84. The number of ether oxygens (including phenoxy) is 1. The first-order valence-electron chi connectivity index (χ1n) is 6.55. The minimum Gasteiger partial charge on any atom is -0.497 e. The summed E-state index contributed by atoms with van der Waals surface area (Å²) in [6, 6.07) is 13.6. The van der Waals surface area contributed by atoms with Gasteiger partial charge in [0.1, 0.15) is 5.75 Å². The van der Waals surface area contributed by atoms with Crippen molar-refractivity contribution in [2.45, 2.75) is 11.8 Å². The molecule has 0 aliphatic heterocycles. The topological polar surface area (TPSA) is 29.5 Å². The lowest BCUT2D eigenvalue weighted by Crippen LogP contribution is -2.40. The molecular weight excluding hydrogens is 293 g/mol. The molecule has 116 valence electrons. The van der Waals surface area contributed by atoms with Gasteiger partial charge in [0.05, 0.1) is 7.11 Å². The van der Waals surface area contributed by atoms with Crippen molar-refractivity contribution in [3.05, 3.63) is 71.8 Å². The van der Waals surface area contributed by atoms with Crippen molar-refractivity contribution >= 4 is 6.08 Å². The molecule has 0 bridgehead atoms. The van der Waals surface area contributed by atoms with Gasteiger partial charge in [-0.25, -0.2) is 0 Å². The van der Waals surface area contributed by atoms with Crippen LogP contribution < -0.4 is 4.74 Å². The van der Waals surface area contributed by atoms with E-state index < -0.39 is 11.8 Å². The molecular formula is C17H15F3O2. The maximum Gasteiger partial charge on any atom is 0.425 e. The van der Waals surface area contributed by atoms with Crippen LogP contribution in [-0.2, 0) is 5.60 Å². The maximum absolute atomic E-state index is 13.3. The summed E-state index contributed by atoms with van der Waals surface area (Å²) in [6.07, 6.45) is -2.84. The van der Waals surface area contributed by atoms with E-state index in [1.54, 1.807) is 30.3 Å². The number of rotatable bonds is 4. The quantitative estimate of drug-likeness (QED) is 0.919. The van der Waals surface area contributed by atoms with Crippen LogP contribution in [0.3, 0.4) is 0 Å². The predicted molar refractivity (Wildman–Crippen MR) is 78.4 cm³/mol. The second-order valence-corrected chi connectivity index (χ2v) is 4.74. The molecule has 0 spiro atoms. The Kier molecular flexibility index (Phi) is 4.56. The van der Waals surface area contributed by atoms with Gasteiger partial charge in [-0.3, -0.25) is 0 Å². The highest BCUT2D eigenvalue weighted by molar-refractivity contribution is 5.52. The van der Waals surface area contributed by atoms with Crippen molar-refractivity contribution in [1.82, 2.24) is 0 Å². The number of benzene rings is 2. The molecule has 2 aromatic rings. The van der Waals surface area contributed by atoms with Crippen LogP contribution in [0, 0.1) is 0 Å². The van der Waals surface area contributed by atoms with E-state index >= 15 is 0 Å². The van der Waals surface area contributed by atoms with Crippen LogP contribution in [0.25, 0.3) is 6.08 Å². The first-order chi connectivity index (χ1) is 10.4. The molecule has 0 fully saturated rings. The van der Waals surface area contributed by atoms with E-state index in [9.17, 15) is 18.3 Å². The first-order valence-corrected chi connectivity index (χ1v) is 6.55. The molecule has 0 amide bonds. The van der Waals surface area contributed by atoms with E-state index in [4.69, 9.17) is 4.74 Å². The molecule has 5 heteroatoms. The second kappa shape index (κ2) is 6.23. The summed E-state index contributed by atoms with van der Waals surface area (Å²) in [5.74, 6) is 0.417. The largest absolute Gasteiger partial charge is 0.497 e. The molecule has 2 nitrogen and oxygen atoms in total. The molecule has 0 aliphatic rings. The smallest absolute Gasteiger partial charge is 0.425 e. The van der Waals surface area contributed by atoms with E-state index in [0.717, 1.165) is 6.08 Å². The van der Waals surface area contributed by atoms with Gasteiger partial charge in [0, 0.05) is 0 Å². The molecule has 2 rings (SSSR count). The van der Waals surface area contributed by atoms with Crippen LogP contribution in [0.5, 0.6) is 5.75 Å². The monoisotopic (exact) mass is 308 g/mol. The van der Waals surface area contributed by atoms with Crippen LogP contribution in [0.2, 0.25) is 0 Å². The van der Waals surface area contributed by atoms with Crippen molar-refractivity contribution in [2.75, 3.05) is 7.11 Å². The molecule has 1 atom stereocenters. The third-order valence-electron chi connectivity index (χ3n) is 3.28. The normalized spacial score (nSPS) is 14.8. The Balaban J connectivity index is 2.41. The van der Waals surface area contributed by atoms with Crippen LogP contribution in [0.15, 0.2) is 60.7 Å². The summed E-state index contributed by atoms with van der Waals surface area (Å²) in [6.45, 7) is 0.